The molecule has 146 valence electrons. The molecule has 0 fully saturated rings. The summed E-state index contributed by atoms with van der Waals surface area (Å²) in [5.41, 5.74) is -0.967. The van der Waals surface area contributed by atoms with Crippen LogP contribution in [0.25, 0.3) is 0 Å². The highest BCUT2D eigenvalue weighted by molar-refractivity contribution is 5.93. The van der Waals surface area contributed by atoms with Crippen LogP contribution in [-0.4, -0.2) is 25.3 Å². The molecule has 2 rings (SSSR count). The predicted octanol–water partition coefficient (Wildman–Crippen LogP) is 4.66. The van der Waals surface area contributed by atoms with E-state index in [2.05, 4.69) is 10.1 Å². The van der Waals surface area contributed by atoms with Crippen molar-refractivity contribution in [3.63, 3.8) is 0 Å². The van der Waals surface area contributed by atoms with Crippen LogP contribution in [0.1, 0.15) is 5.56 Å². The number of para-hydroxylation sites is 2. The van der Waals surface area contributed by atoms with Crippen LogP contribution >= 0.6 is 0 Å². The lowest BCUT2D eigenvalue weighted by Crippen LogP contribution is -2.22. The van der Waals surface area contributed by atoms with E-state index in [4.69, 9.17) is 4.74 Å². The Hall–Kier alpha value is -2.91. The van der Waals surface area contributed by atoms with Crippen LogP contribution < -0.4 is 14.8 Å². The van der Waals surface area contributed by atoms with Crippen LogP contribution in [-0.2, 0) is 11.0 Å². The number of amides is 1. The minimum atomic E-state index is -4.56. The molecule has 1 N–H and O–H groups in total. The summed E-state index contributed by atoms with van der Waals surface area (Å²) in [4.78, 5) is 11.9. The largest absolute Gasteiger partial charge is 0.484 e. The Morgan fingerprint density at radius 3 is 2.30 bits per heavy atom. The van der Waals surface area contributed by atoms with Gasteiger partial charge in [0.25, 0.3) is 5.91 Å². The summed E-state index contributed by atoms with van der Waals surface area (Å²) in [6, 6.07) is 9.36. The zero-order valence-electron chi connectivity index (χ0n) is 13.5. The second-order valence-corrected chi connectivity index (χ2v) is 5.26. The molecule has 0 atom stereocenters. The Balaban J connectivity index is 1.97. The summed E-state index contributed by atoms with van der Waals surface area (Å²) >= 11 is 0. The molecular formula is C17H13F6NO3. The molecule has 0 heterocycles. The standard InChI is InChI=1S/C17H13F6NO3/c18-16(19,20)10-27-14-7-2-1-6-13(14)24-15(25)9-26-12-5-3-4-11(8-12)17(21,22)23/h1-8H,9-10H2,(H,24,25). The minimum Gasteiger partial charge on any atom is -0.484 e. The minimum absolute atomic E-state index is 0.0283. The van der Waals surface area contributed by atoms with E-state index < -0.39 is 37.0 Å². The maximum atomic E-state index is 12.6. The summed E-state index contributed by atoms with van der Waals surface area (Å²) in [7, 11) is 0. The molecular weight excluding hydrogens is 380 g/mol. The number of halogens is 6. The lowest BCUT2D eigenvalue weighted by atomic mass is 10.2. The van der Waals surface area contributed by atoms with Crippen molar-refractivity contribution in [2.24, 2.45) is 0 Å². The van der Waals surface area contributed by atoms with Gasteiger partial charge in [-0.1, -0.05) is 18.2 Å². The zero-order chi connectivity index (χ0) is 20.1. The highest BCUT2D eigenvalue weighted by atomic mass is 19.4. The Bertz CT molecular complexity index is 789. The number of carbonyl (C=O) groups excluding carboxylic acids is 1. The lowest BCUT2D eigenvalue weighted by molar-refractivity contribution is -0.153. The Morgan fingerprint density at radius 1 is 0.926 bits per heavy atom. The molecule has 2 aromatic rings. The number of carbonyl (C=O) groups is 1. The number of benzene rings is 2. The Kier molecular flexibility index (Phi) is 6.19. The summed E-state index contributed by atoms with van der Waals surface area (Å²) in [5.74, 6) is -1.17. The van der Waals surface area contributed by atoms with Crippen molar-refractivity contribution in [2.75, 3.05) is 18.5 Å². The second-order valence-electron chi connectivity index (χ2n) is 5.26. The molecule has 0 aliphatic rings. The van der Waals surface area contributed by atoms with Gasteiger partial charge in [-0.2, -0.15) is 26.3 Å². The van der Waals surface area contributed by atoms with Crippen LogP contribution in [0.4, 0.5) is 32.0 Å². The Morgan fingerprint density at radius 2 is 1.63 bits per heavy atom. The molecule has 0 aliphatic carbocycles. The van der Waals surface area contributed by atoms with Crippen LogP contribution in [0.2, 0.25) is 0 Å². The van der Waals surface area contributed by atoms with E-state index in [0.29, 0.717) is 0 Å². The monoisotopic (exact) mass is 393 g/mol. The van der Waals surface area contributed by atoms with Crippen LogP contribution in [0.5, 0.6) is 11.5 Å². The van der Waals surface area contributed by atoms with E-state index in [1.807, 2.05) is 0 Å². The average molecular weight is 393 g/mol. The lowest BCUT2D eigenvalue weighted by Gasteiger charge is -2.14. The van der Waals surface area contributed by atoms with Crippen LogP contribution in [0.15, 0.2) is 48.5 Å². The van der Waals surface area contributed by atoms with Gasteiger partial charge in [0.15, 0.2) is 13.2 Å². The number of rotatable bonds is 6. The second kappa shape index (κ2) is 8.19. The fourth-order valence-electron chi connectivity index (χ4n) is 1.95. The van der Waals surface area contributed by atoms with Gasteiger partial charge in [0.05, 0.1) is 11.3 Å². The molecule has 0 bridgehead atoms. The van der Waals surface area contributed by atoms with Gasteiger partial charge in [0.2, 0.25) is 0 Å². The van der Waals surface area contributed by atoms with Gasteiger partial charge in [0, 0.05) is 0 Å². The highest BCUT2D eigenvalue weighted by Gasteiger charge is 2.31. The average Bonchev–Trinajstić information content (AvgIpc) is 2.58. The van der Waals surface area contributed by atoms with Crippen molar-refractivity contribution in [3.8, 4) is 11.5 Å². The van der Waals surface area contributed by atoms with Gasteiger partial charge in [0.1, 0.15) is 11.5 Å². The summed E-state index contributed by atoms with van der Waals surface area (Å²) in [6.07, 6.45) is -9.11. The van der Waals surface area contributed by atoms with Gasteiger partial charge < -0.3 is 14.8 Å². The first-order valence-electron chi connectivity index (χ1n) is 7.43. The number of hydrogen-bond acceptors (Lipinski definition) is 3. The smallest absolute Gasteiger partial charge is 0.422 e. The van der Waals surface area contributed by atoms with Crippen LogP contribution in [0.3, 0.4) is 0 Å². The number of anilines is 1. The molecule has 0 radical (unpaired) electrons. The topological polar surface area (TPSA) is 47.6 Å². The number of nitrogens with one attached hydrogen (secondary N) is 1. The molecule has 4 nitrogen and oxygen atoms in total. The first-order chi connectivity index (χ1) is 12.5. The van der Waals surface area contributed by atoms with E-state index in [-0.39, 0.29) is 17.2 Å². The summed E-state index contributed by atoms with van der Waals surface area (Å²) in [6.45, 7) is -2.18. The van der Waals surface area contributed by atoms with Crippen molar-refractivity contribution in [1.82, 2.24) is 0 Å². The fourth-order valence-corrected chi connectivity index (χ4v) is 1.95. The van der Waals surface area contributed by atoms with Gasteiger partial charge >= 0.3 is 12.4 Å². The molecule has 27 heavy (non-hydrogen) atoms. The van der Waals surface area contributed by atoms with E-state index in [1.54, 1.807) is 0 Å². The molecule has 0 saturated carbocycles. The van der Waals surface area contributed by atoms with E-state index in [9.17, 15) is 31.1 Å². The third kappa shape index (κ3) is 6.72. The molecule has 10 heteroatoms. The summed E-state index contributed by atoms with van der Waals surface area (Å²) < 4.78 is 84.2. The SMILES string of the molecule is O=C(COc1cccc(C(F)(F)F)c1)Nc1ccccc1OCC(F)(F)F. The van der Waals surface area contributed by atoms with Gasteiger partial charge in [-0.25, -0.2) is 0 Å². The van der Waals surface area contributed by atoms with Crippen molar-refractivity contribution < 1.29 is 40.6 Å². The summed E-state index contributed by atoms with van der Waals surface area (Å²) in [5, 5.41) is 2.28. The van der Waals surface area contributed by atoms with E-state index in [0.717, 1.165) is 18.2 Å². The van der Waals surface area contributed by atoms with Crippen molar-refractivity contribution in [2.45, 2.75) is 12.4 Å². The molecule has 0 spiro atoms. The molecule has 1 amide bonds. The maximum Gasteiger partial charge on any atom is 0.422 e. The molecule has 2 aromatic carbocycles. The number of hydrogen-bond donors (Lipinski definition) is 1. The maximum absolute atomic E-state index is 12.6. The Labute approximate surface area is 149 Å². The zero-order valence-corrected chi connectivity index (χ0v) is 13.5. The van der Waals surface area contributed by atoms with Gasteiger partial charge in [-0.3, -0.25) is 4.79 Å². The first-order valence-corrected chi connectivity index (χ1v) is 7.43. The van der Waals surface area contributed by atoms with Crippen molar-refractivity contribution in [3.05, 3.63) is 54.1 Å². The van der Waals surface area contributed by atoms with E-state index >= 15 is 0 Å². The quantitative estimate of drug-likeness (QED) is 0.726. The van der Waals surface area contributed by atoms with Crippen LogP contribution in [0, 0.1) is 0 Å². The number of alkyl halides is 6. The van der Waals surface area contributed by atoms with Gasteiger partial charge in [-0.05, 0) is 30.3 Å². The van der Waals surface area contributed by atoms with Gasteiger partial charge in [-0.15, -0.1) is 0 Å². The molecule has 0 unspecified atom stereocenters. The van der Waals surface area contributed by atoms with Crippen molar-refractivity contribution >= 4 is 11.6 Å². The third-order valence-electron chi connectivity index (χ3n) is 3.08. The normalized spacial score (nSPS) is 11.8. The van der Waals surface area contributed by atoms with Crippen molar-refractivity contribution in [1.29, 1.82) is 0 Å². The molecule has 0 saturated heterocycles. The third-order valence-corrected chi connectivity index (χ3v) is 3.08. The first kappa shape index (κ1) is 20.4. The number of ether oxygens (including phenoxy) is 2. The highest BCUT2D eigenvalue weighted by Crippen LogP contribution is 2.31. The molecule has 0 aliphatic heterocycles. The fraction of sp³-hybridized carbons (Fsp3) is 0.235. The predicted molar refractivity (Wildman–Crippen MR) is 83.6 cm³/mol. The van der Waals surface area contributed by atoms with E-state index in [1.165, 1.54) is 30.3 Å². The molecule has 0 aromatic heterocycles.